The summed E-state index contributed by atoms with van der Waals surface area (Å²) in [6, 6.07) is 7.17. The van der Waals surface area contributed by atoms with Crippen LogP contribution in [0, 0.1) is 0 Å². The second-order valence-electron chi connectivity index (χ2n) is 3.93. The molecule has 86 valence electrons. The SMILES string of the molecule is CC1COCCN1C(=O)c1cccc(Cl)c1. The molecular weight excluding hydrogens is 226 g/mol. The number of nitrogens with zero attached hydrogens (tertiary/aromatic N) is 1. The molecule has 1 aromatic rings. The van der Waals surface area contributed by atoms with Crippen LogP contribution in [0.1, 0.15) is 17.3 Å². The smallest absolute Gasteiger partial charge is 0.254 e. The number of ether oxygens (including phenoxy) is 1. The van der Waals surface area contributed by atoms with Crippen molar-refractivity contribution < 1.29 is 9.53 Å². The molecule has 1 aliphatic heterocycles. The number of rotatable bonds is 1. The maximum atomic E-state index is 12.2. The third kappa shape index (κ3) is 2.36. The second kappa shape index (κ2) is 4.85. The maximum Gasteiger partial charge on any atom is 0.254 e. The van der Waals surface area contributed by atoms with Crippen LogP contribution in [0.25, 0.3) is 0 Å². The first-order valence-corrected chi connectivity index (χ1v) is 5.70. The Morgan fingerprint density at radius 3 is 3.06 bits per heavy atom. The lowest BCUT2D eigenvalue weighted by atomic mass is 10.1. The van der Waals surface area contributed by atoms with Crippen molar-refractivity contribution in [1.82, 2.24) is 4.90 Å². The van der Waals surface area contributed by atoms with Crippen LogP contribution in [0.5, 0.6) is 0 Å². The zero-order valence-corrected chi connectivity index (χ0v) is 9.91. The topological polar surface area (TPSA) is 29.5 Å². The summed E-state index contributed by atoms with van der Waals surface area (Å²) in [7, 11) is 0. The minimum atomic E-state index is 0.0262. The summed E-state index contributed by atoms with van der Waals surface area (Å²) >= 11 is 5.87. The average Bonchev–Trinajstić information content (AvgIpc) is 2.29. The van der Waals surface area contributed by atoms with Gasteiger partial charge in [0.2, 0.25) is 0 Å². The van der Waals surface area contributed by atoms with Crippen LogP contribution in [-0.2, 0) is 4.74 Å². The molecule has 1 fully saturated rings. The third-order valence-electron chi connectivity index (χ3n) is 2.70. The van der Waals surface area contributed by atoms with Crippen LogP contribution < -0.4 is 0 Å². The van der Waals surface area contributed by atoms with E-state index in [1.807, 2.05) is 11.8 Å². The number of benzene rings is 1. The summed E-state index contributed by atoms with van der Waals surface area (Å²) in [5, 5.41) is 0.590. The number of morpholine rings is 1. The van der Waals surface area contributed by atoms with E-state index in [4.69, 9.17) is 16.3 Å². The van der Waals surface area contributed by atoms with Crippen molar-refractivity contribution in [1.29, 1.82) is 0 Å². The van der Waals surface area contributed by atoms with E-state index in [9.17, 15) is 4.79 Å². The van der Waals surface area contributed by atoms with Gasteiger partial charge in [-0.3, -0.25) is 4.79 Å². The number of carbonyl (C=O) groups is 1. The molecule has 1 heterocycles. The summed E-state index contributed by atoms with van der Waals surface area (Å²) in [6.07, 6.45) is 0. The van der Waals surface area contributed by atoms with Gasteiger partial charge in [-0.05, 0) is 25.1 Å². The molecule has 4 heteroatoms. The Hall–Kier alpha value is -1.06. The van der Waals surface area contributed by atoms with Crippen molar-refractivity contribution in [2.45, 2.75) is 13.0 Å². The van der Waals surface area contributed by atoms with E-state index in [1.165, 1.54) is 0 Å². The Kier molecular flexibility index (Phi) is 3.46. The molecule has 1 amide bonds. The lowest BCUT2D eigenvalue weighted by Crippen LogP contribution is -2.47. The summed E-state index contributed by atoms with van der Waals surface area (Å²) in [5.74, 6) is 0.0262. The average molecular weight is 240 g/mol. The lowest BCUT2D eigenvalue weighted by Gasteiger charge is -2.33. The fraction of sp³-hybridized carbons (Fsp3) is 0.417. The largest absolute Gasteiger partial charge is 0.377 e. The fourth-order valence-electron chi connectivity index (χ4n) is 1.82. The highest BCUT2D eigenvalue weighted by molar-refractivity contribution is 6.30. The van der Waals surface area contributed by atoms with Gasteiger partial charge in [0.15, 0.2) is 0 Å². The van der Waals surface area contributed by atoms with E-state index in [-0.39, 0.29) is 11.9 Å². The Morgan fingerprint density at radius 2 is 2.38 bits per heavy atom. The second-order valence-corrected chi connectivity index (χ2v) is 4.37. The molecule has 0 radical (unpaired) electrons. The van der Waals surface area contributed by atoms with Crippen LogP contribution in [-0.4, -0.2) is 36.6 Å². The van der Waals surface area contributed by atoms with Gasteiger partial charge in [-0.1, -0.05) is 17.7 Å². The molecule has 1 aromatic carbocycles. The number of hydrogen-bond acceptors (Lipinski definition) is 2. The number of carbonyl (C=O) groups excluding carboxylic acids is 1. The summed E-state index contributed by atoms with van der Waals surface area (Å²) in [6.45, 7) is 3.84. The summed E-state index contributed by atoms with van der Waals surface area (Å²) in [5.41, 5.74) is 0.640. The molecule has 0 N–H and O–H groups in total. The van der Waals surface area contributed by atoms with E-state index in [1.54, 1.807) is 24.3 Å². The zero-order valence-electron chi connectivity index (χ0n) is 9.15. The molecule has 3 nitrogen and oxygen atoms in total. The highest BCUT2D eigenvalue weighted by atomic mass is 35.5. The third-order valence-corrected chi connectivity index (χ3v) is 2.94. The summed E-state index contributed by atoms with van der Waals surface area (Å²) < 4.78 is 5.30. The predicted molar refractivity (Wildman–Crippen MR) is 62.8 cm³/mol. The first-order chi connectivity index (χ1) is 7.68. The van der Waals surface area contributed by atoms with E-state index in [0.29, 0.717) is 30.3 Å². The maximum absolute atomic E-state index is 12.2. The predicted octanol–water partition coefficient (Wildman–Crippen LogP) is 2.20. The Labute approximate surface area is 100.0 Å². The van der Waals surface area contributed by atoms with Crippen molar-refractivity contribution in [3.05, 3.63) is 34.9 Å². The molecule has 0 bridgehead atoms. The normalized spacial score (nSPS) is 20.9. The molecular formula is C12H14ClNO2. The van der Waals surface area contributed by atoms with E-state index in [2.05, 4.69) is 0 Å². The van der Waals surface area contributed by atoms with Gasteiger partial charge < -0.3 is 9.64 Å². The molecule has 0 aliphatic carbocycles. The molecule has 1 aliphatic rings. The molecule has 0 saturated carbocycles. The standard InChI is InChI=1S/C12H14ClNO2/c1-9-8-16-6-5-14(9)12(15)10-3-2-4-11(13)7-10/h2-4,7,9H,5-6,8H2,1H3. The van der Waals surface area contributed by atoms with E-state index < -0.39 is 0 Å². The van der Waals surface area contributed by atoms with Gasteiger partial charge in [0.05, 0.1) is 19.3 Å². The van der Waals surface area contributed by atoms with E-state index >= 15 is 0 Å². The van der Waals surface area contributed by atoms with Gasteiger partial charge in [0, 0.05) is 17.1 Å². The molecule has 1 unspecified atom stereocenters. The van der Waals surface area contributed by atoms with Gasteiger partial charge in [-0.25, -0.2) is 0 Å². The highest BCUT2D eigenvalue weighted by Gasteiger charge is 2.24. The van der Waals surface area contributed by atoms with Crippen LogP contribution >= 0.6 is 11.6 Å². The number of hydrogen-bond donors (Lipinski definition) is 0. The van der Waals surface area contributed by atoms with Crippen molar-refractivity contribution >= 4 is 17.5 Å². The van der Waals surface area contributed by atoms with Crippen molar-refractivity contribution in [2.24, 2.45) is 0 Å². The van der Waals surface area contributed by atoms with Crippen molar-refractivity contribution in [3.8, 4) is 0 Å². The van der Waals surface area contributed by atoms with Gasteiger partial charge in [-0.2, -0.15) is 0 Å². The van der Waals surface area contributed by atoms with Gasteiger partial charge >= 0.3 is 0 Å². The molecule has 0 spiro atoms. The molecule has 1 saturated heterocycles. The summed E-state index contributed by atoms with van der Waals surface area (Å²) in [4.78, 5) is 14.0. The first kappa shape index (κ1) is 11.4. The van der Waals surface area contributed by atoms with Gasteiger partial charge in [0.1, 0.15) is 0 Å². The number of halogens is 1. The highest BCUT2D eigenvalue weighted by Crippen LogP contribution is 2.15. The Morgan fingerprint density at radius 1 is 1.56 bits per heavy atom. The van der Waals surface area contributed by atoms with Crippen molar-refractivity contribution in [3.63, 3.8) is 0 Å². The Bertz CT molecular complexity index is 394. The monoisotopic (exact) mass is 239 g/mol. The van der Waals surface area contributed by atoms with Crippen LogP contribution in [0.3, 0.4) is 0 Å². The first-order valence-electron chi connectivity index (χ1n) is 5.33. The lowest BCUT2D eigenvalue weighted by molar-refractivity contribution is 0.00359. The zero-order chi connectivity index (χ0) is 11.5. The molecule has 0 aromatic heterocycles. The van der Waals surface area contributed by atoms with Crippen LogP contribution in [0.2, 0.25) is 5.02 Å². The fourth-order valence-corrected chi connectivity index (χ4v) is 2.01. The minimum Gasteiger partial charge on any atom is -0.377 e. The van der Waals surface area contributed by atoms with Crippen LogP contribution in [0.15, 0.2) is 24.3 Å². The molecule has 16 heavy (non-hydrogen) atoms. The molecule has 2 rings (SSSR count). The molecule has 1 atom stereocenters. The quantitative estimate of drug-likeness (QED) is 0.752. The van der Waals surface area contributed by atoms with Crippen LogP contribution in [0.4, 0.5) is 0 Å². The number of amides is 1. The van der Waals surface area contributed by atoms with Gasteiger partial charge in [-0.15, -0.1) is 0 Å². The van der Waals surface area contributed by atoms with E-state index in [0.717, 1.165) is 0 Å². The van der Waals surface area contributed by atoms with Crippen molar-refractivity contribution in [2.75, 3.05) is 19.8 Å². The minimum absolute atomic E-state index is 0.0262. The van der Waals surface area contributed by atoms with Gasteiger partial charge in [0.25, 0.3) is 5.91 Å². The Balaban J connectivity index is 2.17.